The van der Waals surface area contributed by atoms with Crippen LogP contribution in [-0.4, -0.2) is 59.2 Å². The largest absolute Gasteiger partial charge is 0.478 e. The molecule has 1 saturated heterocycles. The first kappa shape index (κ1) is 19.8. The molecule has 0 amide bonds. The Kier molecular flexibility index (Phi) is 6.26. The molecule has 3 rings (SSSR count). The number of carboxylic acid groups (broad SMARTS) is 1. The van der Waals surface area contributed by atoms with E-state index >= 15 is 0 Å². The van der Waals surface area contributed by atoms with Crippen molar-refractivity contribution in [3.8, 4) is 0 Å². The fourth-order valence-corrected chi connectivity index (χ4v) is 3.21. The van der Waals surface area contributed by atoms with Gasteiger partial charge in [0.25, 0.3) is 0 Å². The third kappa shape index (κ3) is 4.86. The first-order chi connectivity index (χ1) is 13.4. The number of piperazine rings is 1. The van der Waals surface area contributed by atoms with Crippen molar-refractivity contribution in [1.29, 1.82) is 0 Å². The number of hydrogen-bond donors (Lipinski definition) is 1. The lowest BCUT2D eigenvalue weighted by Gasteiger charge is -2.36. The van der Waals surface area contributed by atoms with Crippen LogP contribution in [-0.2, 0) is 11.3 Å². The molecule has 2 heterocycles. The number of carboxylic acids is 1. The van der Waals surface area contributed by atoms with Gasteiger partial charge in [-0.3, -0.25) is 4.90 Å². The van der Waals surface area contributed by atoms with Gasteiger partial charge >= 0.3 is 11.9 Å². The van der Waals surface area contributed by atoms with Crippen LogP contribution in [0.25, 0.3) is 0 Å². The summed E-state index contributed by atoms with van der Waals surface area (Å²) in [7, 11) is 0. The predicted octanol–water partition coefficient (Wildman–Crippen LogP) is 2.67. The van der Waals surface area contributed by atoms with E-state index in [1.165, 1.54) is 0 Å². The number of nitrogens with zero attached hydrogens (tertiary/aromatic N) is 3. The molecule has 0 unspecified atom stereocenters. The number of pyridine rings is 1. The molecule has 0 atom stereocenters. The molecule has 7 nitrogen and oxygen atoms in total. The Morgan fingerprint density at radius 2 is 1.79 bits per heavy atom. The highest BCUT2D eigenvalue weighted by Gasteiger charge is 2.23. The molecule has 1 aromatic heterocycles. The minimum atomic E-state index is -0.915. The van der Waals surface area contributed by atoms with Gasteiger partial charge in [0.05, 0.1) is 11.7 Å². The molecular weight excluding hydrogens is 358 g/mol. The lowest BCUT2D eigenvalue weighted by Crippen LogP contribution is -2.46. The molecule has 0 bridgehead atoms. The Bertz CT molecular complexity index is 828. The lowest BCUT2D eigenvalue weighted by molar-refractivity contribution is 0.0377. The fourth-order valence-electron chi connectivity index (χ4n) is 3.21. The summed E-state index contributed by atoms with van der Waals surface area (Å²) in [6, 6.07) is 10.5. The molecule has 2 aromatic rings. The molecule has 1 fully saturated rings. The minimum Gasteiger partial charge on any atom is -0.478 e. The smallest absolute Gasteiger partial charge is 0.342 e. The van der Waals surface area contributed by atoms with Crippen LogP contribution in [0.2, 0.25) is 0 Å². The summed E-state index contributed by atoms with van der Waals surface area (Å²) in [6.45, 7) is 7.59. The molecule has 7 heteroatoms. The summed E-state index contributed by atoms with van der Waals surface area (Å²) in [5.41, 5.74) is 1.87. The van der Waals surface area contributed by atoms with Crippen LogP contribution in [0.4, 0.5) is 5.82 Å². The molecule has 0 spiro atoms. The topological polar surface area (TPSA) is 83.0 Å². The van der Waals surface area contributed by atoms with Crippen molar-refractivity contribution in [2.75, 3.05) is 31.1 Å². The summed E-state index contributed by atoms with van der Waals surface area (Å²) in [5.74, 6) is -0.597. The van der Waals surface area contributed by atoms with E-state index in [1.807, 2.05) is 26.0 Å². The van der Waals surface area contributed by atoms with Crippen molar-refractivity contribution in [2.45, 2.75) is 26.5 Å². The zero-order valence-corrected chi connectivity index (χ0v) is 16.2. The third-order valence-corrected chi connectivity index (χ3v) is 4.63. The molecule has 1 aliphatic rings. The molecule has 0 saturated carbocycles. The van der Waals surface area contributed by atoms with E-state index in [1.54, 1.807) is 30.5 Å². The van der Waals surface area contributed by atoms with E-state index in [0.29, 0.717) is 16.9 Å². The van der Waals surface area contributed by atoms with E-state index in [0.717, 1.165) is 38.3 Å². The number of esters is 1. The molecule has 148 valence electrons. The number of aromatic carboxylic acids is 1. The number of carbonyl (C=O) groups is 2. The zero-order chi connectivity index (χ0) is 20.1. The van der Waals surface area contributed by atoms with Crippen LogP contribution in [0.1, 0.15) is 40.1 Å². The minimum absolute atomic E-state index is 0.176. The Labute approximate surface area is 164 Å². The molecule has 1 aromatic carbocycles. The number of carbonyl (C=O) groups excluding carboxylic acids is 1. The lowest BCUT2D eigenvalue weighted by atomic mass is 10.1. The number of hydrogen-bond acceptors (Lipinski definition) is 6. The van der Waals surface area contributed by atoms with E-state index in [-0.39, 0.29) is 12.1 Å². The average molecular weight is 383 g/mol. The van der Waals surface area contributed by atoms with Gasteiger partial charge in [0.2, 0.25) is 0 Å². The molecule has 0 radical (unpaired) electrons. The van der Waals surface area contributed by atoms with Gasteiger partial charge in [-0.05, 0) is 43.7 Å². The van der Waals surface area contributed by atoms with Gasteiger partial charge in [-0.1, -0.05) is 12.1 Å². The number of benzene rings is 1. The van der Waals surface area contributed by atoms with Crippen LogP contribution >= 0.6 is 0 Å². The Balaban J connectivity index is 1.61. The summed E-state index contributed by atoms with van der Waals surface area (Å²) < 4.78 is 5.34. The number of anilines is 1. The predicted molar refractivity (Wildman–Crippen MR) is 106 cm³/mol. The van der Waals surface area contributed by atoms with Crippen molar-refractivity contribution < 1.29 is 19.4 Å². The summed E-state index contributed by atoms with van der Waals surface area (Å²) in [6.07, 6.45) is 1.52. The summed E-state index contributed by atoms with van der Waals surface area (Å²) in [5, 5.41) is 8.99. The Morgan fingerprint density at radius 1 is 1.11 bits per heavy atom. The van der Waals surface area contributed by atoms with Gasteiger partial charge in [-0.2, -0.15) is 0 Å². The molecule has 0 aliphatic carbocycles. The average Bonchev–Trinajstić information content (AvgIpc) is 2.68. The van der Waals surface area contributed by atoms with Gasteiger partial charge in [-0.15, -0.1) is 0 Å². The van der Waals surface area contributed by atoms with Gasteiger partial charge in [0, 0.05) is 38.9 Å². The first-order valence-electron chi connectivity index (χ1n) is 9.39. The standard InChI is InChI=1S/C21H25N3O4/c1-15(2)28-21(27)18-4-3-9-22-19(18)24-12-10-23(11-13-24)14-16-5-7-17(8-6-16)20(25)26/h3-9,15H,10-14H2,1-2H3,(H,25,26). The molecular formula is C21H25N3O4. The van der Waals surface area contributed by atoms with Crippen molar-refractivity contribution in [1.82, 2.24) is 9.88 Å². The maximum atomic E-state index is 12.4. The van der Waals surface area contributed by atoms with Gasteiger partial charge in [-0.25, -0.2) is 14.6 Å². The maximum absolute atomic E-state index is 12.4. The van der Waals surface area contributed by atoms with Crippen molar-refractivity contribution >= 4 is 17.8 Å². The van der Waals surface area contributed by atoms with Crippen molar-refractivity contribution in [3.63, 3.8) is 0 Å². The second kappa shape index (κ2) is 8.84. The highest BCUT2D eigenvalue weighted by atomic mass is 16.5. The van der Waals surface area contributed by atoms with Crippen LogP contribution in [0.3, 0.4) is 0 Å². The fraction of sp³-hybridized carbons (Fsp3) is 0.381. The van der Waals surface area contributed by atoms with Crippen molar-refractivity contribution in [2.24, 2.45) is 0 Å². The van der Waals surface area contributed by atoms with E-state index in [9.17, 15) is 9.59 Å². The maximum Gasteiger partial charge on any atom is 0.342 e. The molecule has 28 heavy (non-hydrogen) atoms. The Morgan fingerprint density at radius 3 is 2.39 bits per heavy atom. The second-order valence-electron chi connectivity index (χ2n) is 7.09. The first-order valence-corrected chi connectivity index (χ1v) is 9.39. The van der Waals surface area contributed by atoms with Crippen molar-refractivity contribution in [3.05, 3.63) is 59.3 Å². The van der Waals surface area contributed by atoms with Gasteiger partial charge < -0.3 is 14.7 Å². The quantitative estimate of drug-likeness (QED) is 0.768. The van der Waals surface area contributed by atoms with E-state index in [2.05, 4.69) is 14.8 Å². The SMILES string of the molecule is CC(C)OC(=O)c1cccnc1N1CCN(Cc2ccc(C(=O)O)cc2)CC1. The number of aromatic nitrogens is 1. The zero-order valence-electron chi connectivity index (χ0n) is 16.2. The van der Waals surface area contributed by atoms with Crippen LogP contribution in [0, 0.1) is 0 Å². The second-order valence-corrected chi connectivity index (χ2v) is 7.09. The van der Waals surface area contributed by atoms with Crippen LogP contribution in [0.15, 0.2) is 42.6 Å². The number of rotatable bonds is 6. The normalized spacial score (nSPS) is 14.9. The van der Waals surface area contributed by atoms with Gasteiger partial charge in [0.15, 0.2) is 0 Å². The van der Waals surface area contributed by atoms with Crippen LogP contribution < -0.4 is 4.90 Å². The monoisotopic (exact) mass is 383 g/mol. The van der Waals surface area contributed by atoms with Gasteiger partial charge in [0.1, 0.15) is 11.4 Å². The highest BCUT2D eigenvalue weighted by molar-refractivity contribution is 5.94. The summed E-state index contributed by atoms with van der Waals surface area (Å²) >= 11 is 0. The highest BCUT2D eigenvalue weighted by Crippen LogP contribution is 2.21. The molecule has 1 N–H and O–H groups in total. The summed E-state index contributed by atoms with van der Waals surface area (Å²) in [4.78, 5) is 32.1. The van der Waals surface area contributed by atoms with E-state index < -0.39 is 5.97 Å². The van der Waals surface area contributed by atoms with E-state index in [4.69, 9.17) is 9.84 Å². The third-order valence-electron chi connectivity index (χ3n) is 4.63. The molecule has 1 aliphatic heterocycles. The Hall–Kier alpha value is -2.93. The number of ether oxygens (including phenoxy) is 1. The van der Waals surface area contributed by atoms with Crippen LogP contribution in [0.5, 0.6) is 0 Å².